The number of thiophene rings is 1. The van der Waals surface area contributed by atoms with Gasteiger partial charge in [-0.2, -0.15) is 0 Å². The number of aliphatic hydroxyl groups is 1. The fourth-order valence-electron chi connectivity index (χ4n) is 5.41. The van der Waals surface area contributed by atoms with E-state index in [0.29, 0.717) is 45.2 Å². The summed E-state index contributed by atoms with van der Waals surface area (Å²) in [6.45, 7) is 8.68. The highest BCUT2D eigenvalue weighted by atomic mass is 32.1. The molecule has 1 fully saturated rings. The number of benzene rings is 2. The number of carbonyl (C=O) groups excluding carboxylic acids is 3. The van der Waals surface area contributed by atoms with Crippen LogP contribution in [0.5, 0.6) is 0 Å². The van der Waals surface area contributed by atoms with E-state index in [-0.39, 0.29) is 17.7 Å². The number of aliphatic hydroxyl groups excluding tert-OH is 1. The maximum absolute atomic E-state index is 14.4. The van der Waals surface area contributed by atoms with Gasteiger partial charge in [-0.15, -0.1) is 11.3 Å². The van der Waals surface area contributed by atoms with Crippen molar-refractivity contribution in [2.75, 3.05) is 27.2 Å². The van der Waals surface area contributed by atoms with E-state index >= 15 is 0 Å². The monoisotopic (exact) mass is 634 g/mol. The van der Waals surface area contributed by atoms with Crippen molar-refractivity contribution in [1.29, 1.82) is 0 Å². The molecule has 3 N–H and O–H groups in total. The Morgan fingerprint density at radius 2 is 1.64 bits per heavy atom. The van der Waals surface area contributed by atoms with E-state index in [4.69, 9.17) is 5.73 Å². The fraction of sp³-hybridized carbons (Fsp3) is 0.472. The van der Waals surface area contributed by atoms with Gasteiger partial charge in [-0.05, 0) is 67.0 Å². The molecule has 0 spiro atoms. The number of hydrogen-bond donors (Lipinski definition) is 2. The summed E-state index contributed by atoms with van der Waals surface area (Å²) in [5.41, 5.74) is 6.55. The molecule has 0 aliphatic carbocycles. The van der Waals surface area contributed by atoms with Crippen LogP contribution < -0.4 is 5.73 Å². The second kappa shape index (κ2) is 16.7. The van der Waals surface area contributed by atoms with Gasteiger partial charge in [0, 0.05) is 50.4 Å². The Bertz CT molecular complexity index is 1420. The van der Waals surface area contributed by atoms with Crippen LogP contribution in [0.25, 0.3) is 10.8 Å². The van der Waals surface area contributed by atoms with Crippen LogP contribution in [-0.2, 0) is 27.2 Å². The summed E-state index contributed by atoms with van der Waals surface area (Å²) in [4.78, 5) is 47.4. The molecule has 0 bridgehead atoms. The van der Waals surface area contributed by atoms with Crippen molar-refractivity contribution >= 4 is 39.8 Å². The van der Waals surface area contributed by atoms with Crippen LogP contribution in [-0.4, -0.2) is 88.4 Å². The van der Waals surface area contributed by atoms with E-state index in [0.717, 1.165) is 21.2 Å². The molecule has 0 saturated carbocycles. The highest BCUT2D eigenvalue weighted by Crippen LogP contribution is 2.22. The summed E-state index contributed by atoms with van der Waals surface area (Å²) in [6, 6.07) is 16.4. The molecule has 2 atom stereocenters. The van der Waals surface area contributed by atoms with Crippen LogP contribution in [0.15, 0.2) is 72.1 Å². The molecule has 0 unspecified atom stereocenters. The summed E-state index contributed by atoms with van der Waals surface area (Å²) in [5, 5.41) is 14.1. The Labute approximate surface area is 272 Å². The van der Waals surface area contributed by atoms with Crippen LogP contribution in [0.1, 0.15) is 57.4 Å². The Morgan fingerprint density at radius 1 is 0.978 bits per heavy atom. The lowest BCUT2D eigenvalue weighted by Gasteiger charge is -2.38. The largest absolute Gasteiger partial charge is 0.393 e. The van der Waals surface area contributed by atoms with Crippen molar-refractivity contribution in [3.8, 4) is 0 Å². The topological polar surface area (TPSA) is 107 Å². The molecule has 3 aromatic rings. The Kier molecular flexibility index (Phi) is 13.3. The summed E-state index contributed by atoms with van der Waals surface area (Å²) < 4.78 is 0. The van der Waals surface area contributed by atoms with Gasteiger partial charge >= 0.3 is 0 Å². The minimum atomic E-state index is -0.837. The van der Waals surface area contributed by atoms with Gasteiger partial charge in [0.05, 0.1) is 6.10 Å². The molecule has 244 valence electrons. The molecular formula is C36H50N4O4S. The molecule has 2 aromatic carbocycles. The molecule has 4 rings (SSSR count). The van der Waals surface area contributed by atoms with Crippen molar-refractivity contribution in [3.63, 3.8) is 0 Å². The maximum Gasteiger partial charge on any atom is 0.246 e. The lowest BCUT2D eigenvalue weighted by atomic mass is 9.98. The molecule has 8 nitrogen and oxygen atoms in total. The van der Waals surface area contributed by atoms with Crippen molar-refractivity contribution < 1.29 is 19.5 Å². The molecule has 1 aliphatic heterocycles. The number of likely N-dealkylation sites (N-methyl/N-ethyl adjacent to an activating group) is 2. The third kappa shape index (κ3) is 10.2. The summed E-state index contributed by atoms with van der Waals surface area (Å²) >= 11 is 1.55. The summed E-state index contributed by atoms with van der Waals surface area (Å²) in [5.74, 6) is -0.744. The summed E-state index contributed by atoms with van der Waals surface area (Å²) in [6.07, 6.45) is 5.02. The van der Waals surface area contributed by atoms with E-state index in [1.54, 1.807) is 36.4 Å². The molecule has 1 saturated heterocycles. The molecule has 3 amide bonds. The van der Waals surface area contributed by atoms with Crippen LogP contribution in [0.3, 0.4) is 0 Å². The number of likely N-dealkylation sites (tertiary alicyclic amines) is 1. The normalized spacial score (nSPS) is 15.3. The Morgan fingerprint density at radius 3 is 2.27 bits per heavy atom. The van der Waals surface area contributed by atoms with Gasteiger partial charge in [0.1, 0.15) is 12.1 Å². The SMILES string of the molecule is CC.CN(C(=O)/C=C/CC(C)(C)N)[C@H](Cc1ccc2ccccc2c1)C(=O)N(C)[C@H](Cc1cccs1)C(=O)N1CCC(O)CC1. The second-order valence-corrected chi connectivity index (χ2v) is 13.3. The highest BCUT2D eigenvalue weighted by molar-refractivity contribution is 7.09. The third-order valence-electron chi connectivity index (χ3n) is 8.10. The van der Waals surface area contributed by atoms with Gasteiger partial charge in [-0.1, -0.05) is 68.5 Å². The van der Waals surface area contributed by atoms with Crippen molar-refractivity contribution in [2.45, 2.75) is 83.5 Å². The molecule has 9 heteroatoms. The van der Waals surface area contributed by atoms with Crippen LogP contribution in [0, 0.1) is 0 Å². The van der Waals surface area contributed by atoms with Crippen LogP contribution >= 0.6 is 11.3 Å². The van der Waals surface area contributed by atoms with Crippen LogP contribution in [0.4, 0.5) is 0 Å². The lowest BCUT2D eigenvalue weighted by molar-refractivity contribution is -0.150. The molecule has 1 aromatic heterocycles. The van der Waals surface area contributed by atoms with Gasteiger partial charge in [0.2, 0.25) is 17.7 Å². The van der Waals surface area contributed by atoms with E-state index in [2.05, 4.69) is 0 Å². The summed E-state index contributed by atoms with van der Waals surface area (Å²) in [7, 11) is 3.30. The van der Waals surface area contributed by atoms with Gasteiger partial charge in [0.15, 0.2) is 0 Å². The maximum atomic E-state index is 14.4. The molecule has 0 radical (unpaired) electrons. The lowest BCUT2D eigenvalue weighted by Crippen LogP contribution is -2.57. The fourth-order valence-corrected chi connectivity index (χ4v) is 6.15. The minimum Gasteiger partial charge on any atom is -0.393 e. The van der Waals surface area contributed by atoms with Crippen LogP contribution in [0.2, 0.25) is 0 Å². The molecule has 45 heavy (non-hydrogen) atoms. The standard InChI is InChI=1S/C34H44N4O4S.C2H6/c1-34(2,35)17-7-12-31(40)36(3)29(22-24-13-14-25-9-5-6-10-26(25)21-24)32(41)37(4)30(23-28-11-8-20-43-28)33(42)38-18-15-27(39)16-19-38;1-2/h5-14,20-21,27,29-30,39H,15-19,22-23,35H2,1-4H3;1-2H3/b12-7+;/t29-,30-;/m1./s1. The van der Waals surface area contributed by atoms with Crippen molar-refractivity contribution in [3.05, 3.63) is 82.6 Å². The Hall–Kier alpha value is -3.53. The first-order chi connectivity index (χ1) is 21.4. The highest BCUT2D eigenvalue weighted by Gasteiger charge is 2.37. The van der Waals surface area contributed by atoms with Gasteiger partial charge < -0.3 is 25.5 Å². The first-order valence-corrected chi connectivity index (χ1v) is 16.8. The molecule has 1 aliphatic rings. The number of fused-ring (bicyclic) bond motifs is 1. The quantitative estimate of drug-likeness (QED) is 0.288. The first-order valence-electron chi connectivity index (χ1n) is 15.9. The number of piperidine rings is 1. The zero-order chi connectivity index (χ0) is 33.1. The van der Waals surface area contributed by atoms with E-state index in [1.807, 2.05) is 87.7 Å². The van der Waals surface area contributed by atoms with Crippen molar-refractivity contribution in [2.24, 2.45) is 5.73 Å². The molecule has 2 heterocycles. The smallest absolute Gasteiger partial charge is 0.246 e. The average Bonchev–Trinajstić information content (AvgIpc) is 3.55. The number of nitrogens with two attached hydrogens (primary N) is 1. The van der Waals surface area contributed by atoms with E-state index in [9.17, 15) is 19.5 Å². The first kappa shape index (κ1) is 35.9. The predicted octanol–water partition coefficient (Wildman–Crippen LogP) is 5.03. The predicted molar refractivity (Wildman–Crippen MR) is 184 cm³/mol. The number of carbonyl (C=O) groups is 3. The zero-order valence-corrected chi connectivity index (χ0v) is 28.4. The number of rotatable bonds is 11. The second-order valence-electron chi connectivity index (χ2n) is 12.3. The van der Waals surface area contributed by atoms with E-state index in [1.165, 1.54) is 15.9 Å². The van der Waals surface area contributed by atoms with E-state index < -0.39 is 23.7 Å². The van der Waals surface area contributed by atoms with Crippen molar-refractivity contribution in [1.82, 2.24) is 14.7 Å². The van der Waals surface area contributed by atoms with Gasteiger partial charge in [-0.3, -0.25) is 14.4 Å². The Balaban J connectivity index is 0.00000271. The van der Waals surface area contributed by atoms with Gasteiger partial charge in [0.25, 0.3) is 0 Å². The van der Waals surface area contributed by atoms with Gasteiger partial charge in [-0.25, -0.2) is 0 Å². The molecular weight excluding hydrogens is 584 g/mol. The zero-order valence-electron chi connectivity index (χ0n) is 27.6. The number of nitrogens with zero attached hydrogens (tertiary/aromatic N) is 3. The minimum absolute atomic E-state index is 0.139. The number of amides is 3. The average molecular weight is 635 g/mol. The number of hydrogen-bond acceptors (Lipinski definition) is 6. The third-order valence-corrected chi connectivity index (χ3v) is 9.00.